The van der Waals surface area contributed by atoms with Crippen molar-refractivity contribution in [3.63, 3.8) is 0 Å². The first-order valence-electron chi connectivity index (χ1n) is 9.16. The maximum Gasteiger partial charge on any atom is 0.324 e. The van der Waals surface area contributed by atoms with Crippen molar-refractivity contribution < 1.29 is 28.2 Å². The van der Waals surface area contributed by atoms with Crippen molar-refractivity contribution >= 4 is 23.9 Å². The second-order valence-electron chi connectivity index (χ2n) is 6.45. The van der Waals surface area contributed by atoms with Crippen LogP contribution in [0.15, 0.2) is 36.4 Å². The minimum absolute atomic E-state index is 0.0676. The van der Waals surface area contributed by atoms with Gasteiger partial charge in [-0.15, -0.1) is 0 Å². The van der Waals surface area contributed by atoms with E-state index in [1.54, 1.807) is 30.3 Å². The van der Waals surface area contributed by atoms with Crippen LogP contribution in [0.3, 0.4) is 0 Å². The number of benzene rings is 1. The van der Waals surface area contributed by atoms with Crippen LogP contribution in [0.5, 0.6) is 5.75 Å². The van der Waals surface area contributed by atoms with E-state index in [1.807, 2.05) is 13.0 Å². The van der Waals surface area contributed by atoms with Crippen molar-refractivity contribution in [3.05, 3.63) is 42.0 Å². The number of halogens is 2. The molecule has 1 unspecified atom stereocenters. The summed E-state index contributed by atoms with van der Waals surface area (Å²) in [6.45, 7) is 1.81. The molecular weight excluding hydrogens is 404 g/mol. The molecule has 0 aliphatic carbocycles. The van der Waals surface area contributed by atoms with Crippen LogP contribution < -0.4 is 14.8 Å². The maximum atomic E-state index is 12.3. The van der Waals surface area contributed by atoms with E-state index in [-0.39, 0.29) is 24.7 Å². The summed E-state index contributed by atoms with van der Waals surface area (Å²) < 4.78 is 32.7. The quantitative estimate of drug-likeness (QED) is 0.204. The van der Waals surface area contributed by atoms with Gasteiger partial charge in [-0.3, -0.25) is 14.8 Å². The standard InChI is InChI=1S/C19H25F2N3O4S/c1-2-19(27,14-6-5-7-15(10-14)28-12-16(20)21)13-22-29-9-4-3-8-24-11-17(25)23-18(24)26/h3-7,10,16,22,27H,2,8-9,11-13H2,1H3,(H,23,25,26)/b4-3+. The number of hydrogen-bond donors (Lipinski definition) is 3. The van der Waals surface area contributed by atoms with Crippen molar-refractivity contribution in [1.82, 2.24) is 14.9 Å². The summed E-state index contributed by atoms with van der Waals surface area (Å²) in [6, 6.07) is 6.14. The van der Waals surface area contributed by atoms with E-state index in [0.717, 1.165) is 0 Å². The molecule has 1 heterocycles. The second kappa shape index (κ2) is 11.1. The molecule has 3 N–H and O–H groups in total. The third kappa shape index (κ3) is 7.30. The molecule has 3 amide bonds. The lowest BCUT2D eigenvalue weighted by atomic mass is 9.91. The number of amides is 3. The lowest BCUT2D eigenvalue weighted by Gasteiger charge is -2.28. The Balaban J connectivity index is 1.77. The molecule has 1 fully saturated rings. The van der Waals surface area contributed by atoms with Gasteiger partial charge < -0.3 is 14.7 Å². The normalized spacial score (nSPS) is 16.5. The minimum Gasteiger partial charge on any atom is -0.488 e. The van der Waals surface area contributed by atoms with Crippen LogP contribution in [0.4, 0.5) is 13.6 Å². The van der Waals surface area contributed by atoms with Gasteiger partial charge in [0.05, 0.1) is 0 Å². The largest absolute Gasteiger partial charge is 0.488 e. The summed E-state index contributed by atoms with van der Waals surface area (Å²) in [4.78, 5) is 23.9. The summed E-state index contributed by atoms with van der Waals surface area (Å²) in [5.74, 6) is 0.581. The molecule has 2 rings (SSSR count). The summed E-state index contributed by atoms with van der Waals surface area (Å²) in [7, 11) is 0. The second-order valence-corrected chi connectivity index (χ2v) is 7.36. The van der Waals surface area contributed by atoms with Crippen LogP contribution in [0.1, 0.15) is 18.9 Å². The van der Waals surface area contributed by atoms with Crippen molar-refractivity contribution in [1.29, 1.82) is 0 Å². The molecule has 160 valence electrons. The van der Waals surface area contributed by atoms with Gasteiger partial charge >= 0.3 is 6.03 Å². The monoisotopic (exact) mass is 429 g/mol. The predicted molar refractivity (Wildman–Crippen MR) is 107 cm³/mol. The van der Waals surface area contributed by atoms with E-state index < -0.39 is 24.7 Å². The number of carbonyl (C=O) groups is 2. The number of nitrogens with one attached hydrogen (secondary N) is 2. The van der Waals surface area contributed by atoms with Gasteiger partial charge in [0, 0.05) is 18.8 Å². The van der Waals surface area contributed by atoms with Crippen molar-refractivity contribution in [2.75, 3.05) is 32.0 Å². The lowest BCUT2D eigenvalue weighted by molar-refractivity contribution is -0.118. The molecule has 0 bridgehead atoms. The average molecular weight is 429 g/mol. The third-order valence-electron chi connectivity index (χ3n) is 4.34. The van der Waals surface area contributed by atoms with Gasteiger partial charge in [0.15, 0.2) is 0 Å². The number of imide groups is 1. The highest BCUT2D eigenvalue weighted by Gasteiger charge is 2.27. The number of aliphatic hydroxyl groups is 1. The number of urea groups is 1. The highest BCUT2D eigenvalue weighted by atomic mass is 32.2. The zero-order chi connectivity index (χ0) is 21.3. The van der Waals surface area contributed by atoms with Crippen LogP contribution in [0, 0.1) is 0 Å². The first kappa shape index (κ1) is 23.1. The third-order valence-corrected chi connectivity index (χ3v) is 5.05. The van der Waals surface area contributed by atoms with Gasteiger partial charge in [-0.2, -0.15) is 0 Å². The van der Waals surface area contributed by atoms with Crippen LogP contribution in [0.2, 0.25) is 0 Å². The Bertz CT molecular complexity index is 735. The van der Waals surface area contributed by atoms with Gasteiger partial charge in [-0.1, -0.05) is 43.2 Å². The summed E-state index contributed by atoms with van der Waals surface area (Å²) in [5.41, 5.74) is -0.588. The Labute approximate surface area is 172 Å². The number of nitrogens with zero attached hydrogens (tertiary/aromatic N) is 1. The van der Waals surface area contributed by atoms with Crippen molar-refractivity contribution in [2.45, 2.75) is 25.4 Å². The minimum atomic E-state index is -2.56. The molecule has 1 atom stereocenters. The van der Waals surface area contributed by atoms with Gasteiger partial charge in [0.25, 0.3) is 6.43 Å². The predicted octanol–water partition coefficient (Wildman–Crippen LogP) is 2.27. The maximum absolute atomic E-state index is 12.3. The topological polar surface area (TPSA) is 90.9 Å². The summed E-state index contributed by atoms with van der Waals surface area (Å²) in [6.07, 6.45) is 1.52. The van der Waals surface area contributed by atoms with E-state index in [9.17, 15) is 23.5 Å². The zero-order valence-electron chi connectivity index (χ0n) is 16.1. The molecule has 0 aromatic heterocycles. The van der Waals surface area contributed by atoms with Crippen LogP contribution in [-0.2, 0) is 10.4 Å². The van der Waals surface area contributed by atoms with Gasteiger partial charge in [-0.05, 0) is 24.1 Å². The summed E-state index contributed by atoms with van der Waals surface area (Å²) in [5, 5.41) is 13.1. The fraction of sp³-hybridized carbons (Fsp3) is 0.474. The Morgan fingerprint density at radius 2 is 2.21 bits per heavy atom. The van der Waals surface area contributed by atoms with Crippen LogP contribution in [-0.4, -0.2) is 60.4 Å². The average Bonchev–Trinajstić information content (AvgIpc) is 3.02. The molecule has 29 heavy (non-hydrogen) atoms. The highest BCUT2D eigenvalue weighted by molar-refractivity contribution is 7.97. The number of carbonyl (C=O) groups excluding carboxylic acids is 2. The lowest BCUT2D eigenvalue weighted by Crippen LogP contribution is -2.35. The van der Waals surface area contributed by atoms with E-state index in [2.05, 4.69) is 10.0 Å². The first-order chi connectivity index (χ1) is 13.8. The van der Waals surface area contributed by atoms with E-state index in [0.29, 0.717) is 24.3 Å². The Hall–Kier alpha value is -2.17. The molecule has 1 saturated heterocycles. The molecule has 10 heteroatoms. The molecular formula is C19H25F2N3O4S. The first-order valence-corrected chi connectivity index (χ1v) is 10.1. The number of hydrogen-bond acceptors (Lipinski definition) is 6. The van der Waals surface area contributed by atoms with Crippen molar-refractivity contribution in [3.8, 4) is 5.75 Å². The fourth-order valence-corrected chi connectivity index (χ4v) is 3.33. The van der Waals surface area contributed by atoms with E-state index in [4.69, 9.17) is 4.74 Å². The molecule has 0 saturated carbocycles. The molecule has 7 nitrogen and oxygen atoms in total. The highest BCUT2D eigenvalue weighted by Crippen LogP contribution is 2.28. The molecule has 0 radical (unpaired) electrons. The van der Waals surface area contributed by atoms with Gasteiger partial charge in [0.2, 0.25) is 5.91 Å². The molecule has 1 aromatic carbocycles. The summed E-state index contributed by atoms with van der Waals surface area (Å²) >= 11 is 1.38. The van der Waals surface area contributed by atoms with Crippen molar-refractivity contribution in [2.24, 2.45) is 0 Å². The molecule has 0 spiro atoms. The Morgan fingerprint density at radius 1 is 1.41 bits per heavy atom. The SMILES string of the molecule is CCC(O)(CNSC/C=C/CN1CC(=O)NC1=O)c1cccc(OCC(F)F)c1. The van der Waals surface area contributed by atoms with Crippen LogP contribution >= 0.6 is 11.9 Å². The fourth-order valence-electron chi connectivity index (χ4n) is 2.64. The zero-order valence-corrected chi connectivity index (χ0v) is 16.9. The Kier molecular flexibility index (Phi) is 8.87. The molecule has 1 aliphatic heterocycles. The van der Waals surface area contributed by atoms with E-state index in [1.165, 1.54) is 16.8 Å². The smallest absolute Gasteiger partial charge is 0.324 e. The van der Waals surface area contributed by atoms with Gasteiger partial charge in [0.1, 0.15) is 24.5 Å². The van der Waals surface area contributed by atoms with Gasteiger partial charge in [-0.25, -0.2) is 13.6 Å². The number of alkyl halides is 2. The number of ether oxygens (including phenoxy) is 1. The molecule has 1 aromatic rings. The molecule has 1 aliphatic rings. The number of rotatable bonds is 12. The Morgan fingerprint density at radius 3 is 2.86 bits per heavy atom. The van der Waals surface area contributed by atoms with E-state index >= 15 is 0 Å². The van der Waals surface area contributed by atoms with Crippen LogP contribution in [0.25, 0.3) is 0 Å².